The summed E-state index contributed by atoms with van der Waals surface area (Å²) in [6, 6.07) is 5.28. The van der Waals surface area contributed by atoms with E-state index in [1.54, 1.807) is 36.8 Å². The molecule has 23 heavy (non-hydrogen) atoms. The fourth-order valence-electron chi connectivity index (χ4n) is 2.28. The van der Waals surface area contributed by atoms with Gasteiger partial charge in [0, 0.05) is 31.2 Å². The first kappa shape index (κ1) is 17.7. The van der Waals surface area contributed by atoms with Crippen LogP contribution in [-0.2, 0) is 23.6 Å². The van der Waals surface area contributed by atoms with Crippen LogP contribution in [-0.4, -0.2) is 36.3 Å². The van der Waals surface area contributed by atoms with Crippen molar-refractivity contribution in [3.05, 3.63) is 40.3 Å². The van der Waals surface area contributed by atoms with Crippen LogP contribution in [0.5, 0.6) is 0 Å². The van der Waals surface area contributed by atoms with E-state index in [0.29, 0.717) is 25.3 Å². The molecule has 0 atom stereocenters. The Morgan fingerprint density at radius 1 is 1.35 bits per heavy atom. The van der Waals surface area contributed by atoms with Gasteiger partial charge >= 0.3 is 0 Å². The third kappa shape index (κ3) is 3.82. The molecular weight excluding hydrogens is 334 g/mol. The summed E-state index contributed by atoms with van der Waals surface area (Å²) in [6.07, 6.45) is 1.48. The molecule has 6 nitrogen and oxygen atoms in total. The molecule has 0 bridgehead atoms. The Bertz CT molecular complexity index is 760. The van der Waals surface area contributed by atoms with Crippen LogP contribution in [0.2, 0.25) is 0 Å². The van der Waals surface area contributed by atoms with Crippen molar-refractivity contribution in [1.29, 1.82) is 0 Å². The zero-order valence-corrected chi connectivity index (χ0v) is 15.1. The molecule has 1 N–H and O–H groups in total. The lowest BCUT2D eigenvalue weighted by Gasteiger charge is -2.17. The highest BCUT2D eigenvalue weighted by atomic mass is 32.2. The van der Waals surface area contributed by atoms with Gasteiger partial charge in [-0.25, -0.2) is 8.42 Å². The van der Waals surface area contributed by atoms with Crippen molar-refractivity contribution in [2.24, 2.45) is 7.05 Å². The van der Waals surface area contributed by atoms with E-state index in [1.165, 1.54) is 16.6 Å². The van der Waals surface area contributed by atoms with Gasteiger partial charge in [0.25, 0.3) is 5.91 Å². The van der Waals surface area contributed by atoms with Gasteiger partial charge in [-0.05, 0) is 17.5 Å². The van der Waals surface area contributed by atoms with E-state index >= 15 is 0 Å². The quantitative estimate of drug-likeness (QED) is 0.826. The van der Waals surface area contributed by atoms with E-state index in [-0.39, 0.29) is 10.8 Å². The lowest BCUT2D eigenvalue weighted by atomic mass is 10.4. The van der Waals surface area contributed by atoms with E-state index in [0.717, 1.165) is 4.88 Å². The molecule has 0 aliphatic carbocycles. The monoisotopic (exact) mass is 355 g/mol. The molecule has 0 radical (unpaired) electrons. The predicted octanol–water partition coefficient (Wildman–Crippen LogP) is 2.05. The number of aromatic nitrogens is 1. The molecule has 126 valence electrons. The molecule has 0 saturated heterocycles. The van der Waals surface area contributed by atoms with E-state index in [4.69, 9.17) is 0 Å². The summed E-state index contributed by atoms with van der Waals surface area (Å²) in [5, 5.41) is 4.75. The topological polar surface area (TPSA) is 71.4 Å². The molecule has 0 aliphatic rings. The Hall–Kier alpha value is -1.64. The molecule has 0 fully saturated rings. The zero-order chi connectivity index (χ0) is 17.0. The number of carbonyl (C=O) groups is 1. The van der Waals surface area contributed by atoms with Crippen LogP contribution in [0.25, 0.3) is 0 Å². The number of thiophene rings is 1. The number of hydrogen-bond donors (Lipinski definition) is 1. The highest BCUT2D eigenvalue weighted by Gasteiger charge is 2.25. The fourth-order valence-corrected chi connectivity index (χ4v) is 4.46. The number of rotatable bonds is 7. The second-order valence-electron chi connectivity index (χ2n) is 5.02. The van der Waals surface area contributed by atoms with Crippen LogP contribution < -0.4 is 5.32 Å². The van der Waals surface area contributed by atoms with Crippen molar-refractivity contribution in [1.82, 2.24) is 14.2 Å². The minimum absolute atomic E-state index is 0.143. The van der Waals surface area contributed by atoms with Crippen molar-refractivity contribution in [2.45, 2.75) is 25.3 Å². The van der Waals surface area contributed by atoms with Crippen molar-refractivity contribution < 1.29 is 13.2 Å². The molecular formula is C15H21N3O3S2. The van der Waals surface area contributed by atoms with Crippen molar-refractivity contribution in [3.63, 3.8) is 0 Å². The van der Waals surface area contributed by atoms with Crippen molar-refractivity contribution >= 4 is 27.3 Å². The van der Waals surface area contributed by atoms with Gasteiger partial charge in [-0.3, -0.25) is 4.79 Å². The molecule has 0 spiro atoms. The van der Waals surface area contributed by atoms with Crippen molar-refractivity contribution in [3.8, 4) is 0 Å². The maximum absolute atomic E-state index is 12.5. The minimum Gasteiger partial charge on any atom is -0.346 e. The number of sulfonamides is 1. The smallest absolute Gasteiger partial charge is 0.268 e. The first-order valence-electron chi connectivity index (χ1n) is 7.37. The van der Waals surface area contributed by atoms with E-state index in [2.05, 4.69) is 5.32 Å². The highest BCUT2D eigenvalue weighted by molar-refractivity contribution is 7.89. The van der Waals surface area contributed by atoms with Gasteiger partial charge < -0.3 is 9.88 Å². The van der Waals surface area contributed by atoms with Crippen LogP contribution in [0.3, 0.4) is 0 Å². The SMILES string of the molecule is CCN(CC)S(=O)(=O)c1cc(C(=O)NCc2cccs2)n(C)c1. The van der Waals surface area contributed by atoms with Gasteiger partial charge in [0.2, 0.25) is 10.0 Å². The molecule has 2 aromatic heterocycles. The first-order chi connectivity index (χ1) is 10.9. The molecule has 1 amide bonds. The maximum atomic E-state index is 12.5. The van der Waals surface area contributed by atoms with Gasteiger partial charge in [-0.2, -0.15) is 4.31 Å². The average molecular weight is 355 g/mol. The normalized spacial score (nSPS) is 11.8. The molecule has 8 heteroatoms. The Labute approximate surface area is 140 Å². The number of nitrogens with one attached hydrogen (secondary N) is 1. The third-order valence-corrected chi connectivity index (χ3v) is 6.45. The molecule has 0 saturated carbocycles. The minimum atomic E-state index is -3.56. The van der Waals surface area contributed by atoms with E-state index in [1.807, 2.05) is 17.5 Å². The summed E-state index contributed by atoms with van der Waals surface area (Å²) in [6.45, 7) is 4.80. The predicted molar refractivity (Wildman–Crippen MR) is 91.0 cm³/mol. The van der Waals surface area contributed by atoms with Crippen LogP contribution in [0.1, 0.15) is 29.2 Å². The summed E-state index contributed by atoms with van der Waals surface area (Å²) in [4.78, 5) is 13.5. The Morgan fingerprint density at radius 3 is 2.61 bits per heavy atom. The maximum Gasteiger partial charge on any atom is 0.268 e. The molecule has 2 heterocycles. The molecule has 2 aromatic rings. The lowest BCUT2D eigenvalue weighted by Crippen LogP contribution is -2.30. The summed E-state index contributed by atoms with van der Waals surface area (Å²) in [7, 11) is -1.89. The van der Waals surface area contributed by atoms with E-state index < -0.39 is 10.0 Å². The van der Waals surface area contributed by atoms with Crippen LogP contribution in [0.4, 0.5) is 0 Å². The summed E-state index contributed by atoms with van der Waals surface area (Å²) in [5.41, 5.74) is 0.326. The number of carbonyl (C=O) groups excluding carboxylic acids is 1. The van der Waals surface area contributed by atoms with Crippen LogP contribution >= 0.6 is 11.3 Å². The largest absolute Gasteiger partial charge is 0.346 e. The van der Waals surface area contributed by atoms with Gasteiger partial charge in [-0.1, -0.05) is 19.9 Å². The summed E-state index contributed by atoms with van der Waals surface area (Å²) < 4.78 is 27.9. The summed E-state index contributed by atoms with van der Waals surface area (Å²) >= 11 is 1.56. The fraction of sp³-hybridized carbons (Fsp3) is 0.400. The van der Waals surface area contributed by atoms with Gasteiger partial charge in [0.1, 0.15) is 10.6 Å². The average Bonchev–Trinajstić information content (AvgIpc) is 3.15. The van der Waals surface area contributed by atoms with E-state index in [9.17, 15) is 13.2 Å². The zero-order valence-electron chi connectivity index (χ0n) is 13.4. The second kappa shape index (κ2) is 7.29. The van der Waals surface area contributed by atoms with Gasteiger partial charge in [-0.15, -0.1) is 11.3 Å². The lowest BCUT2D eigenvalue weighted by molar-refractivity contribution is 0.0943. The van der Waals surface area contributed by atoms with Crippen LogP contribution in [0, 0.1) is 0 Å². The highest BCUT2D eigenvalue weighted by Crippen LogP contribution is 2.18. The Balaban J connectivity index is 2.19. The Kier molecular flexibility index (Phi) is 5.61. The molecule has 0 aromatic carbocycles. The van der Waals surface area contributed by atoms with Gasteiger partial charge in [0.15, 0.2) is 0 Å². The number of nitrogens with zero attached hydrogens (tertiary/aromatic N) is 2. The van der Waals surface area contributed by atoms with Crippen LogP contribution in [0.15, 0.2) is 34.7 Å². The number of aryl methyl sites for hydroxylation is 1. The standard InChI is InChI=1S/C15H21N3O3S2/c1-4-18(5-2)23(20,21)13-9-14(17(3)11-13)15(19)16-10-12-7-6-8-22-12/h6-9,11H,4-5,10H2,1-3H3,(H,16,19). The third-order valence-electron chi connectivity index (χ3n) is 3.56. The summed E-state index contributed by atoms with van der Waals surface area (Å²) in [5.74, 6) is -0.290. The first-order valence-corrected chi connectivity index (χ1v) is 9.69. The second-order valence-corrected chi connectivity index (χ2v) is 7.99. The molecule has 2 rings (SSSR count). The number of hydrogen-bond acceptors (Lipinski definition) is 4. The number of amides is 1. The molecule has 0 unspecified atom stereocenters. The molecule has 0 aliphatic heterocycles. The Morgan fingerprint density at radius 2 is 2.04 bits per heavy atom. The van der Waals surface area contributed by atoms with Crippen molar-refractivity contribution in [2.75, 3.05) is 13.1 Å². The van der Waals surface area contributed by atoms with Gasteiger partial charge in [0.05, 0.1) is 6.54 Å².